The minimum absolute atomic E-state index is 0.450. The normalized spacial score (nSPS) is 18.6. The first-order chi connectivity index (χ1) is 4.39. The summed E-state index contributed by atoms with van der Waals surface area (Å²) in [4.78, 5) is 0. The molecule has 0 aromatic heterocycles. The molecule has 0 aliphatic rings. The Kier molecular flexibility index (Phi) is 3.24. The second-order valence-electron chi connectivity index (χ2n) is 2.79. The van der Waals surface area contributed by atoms with Gasteiger partial charge in [-0.05, 0) is 13.3 Å². The zero-order valence-corrected chi connectivity index (χ0v) is 6.41. The molecule has 0 spiro atoms. The van der Waals surface area contributed by atoms with Gasteiger partial charge in [-0.15, -0.1) is 0 Å². The van der Waals surface area contributed by atoms with Crippen LogP contribution in [0.15, 0.2) is 0 Å². The molecule has 0 saturated carbocycles. The van der Waals surface area contributed by atoms with Crippen molar-refractivity contribution in [2.24, 2.45) is 11.5 Å². The van der Waals surface area contributed by atoms with E-state index in [0.717, 1.165) is 0 Å². The first-order valence-electron chi connectivity index (χ1n) is 3.33. The van der Waals surface area contributed by atoms with Gasteiger partial charge in [0.25, 0.3) is 0 Å². The highest BCUT2D eigenvalue weighted by molar-refractivity contribution is 4.84. The molecule has 10 heavy (non-hydrogen) atoms. The van der Waals surface area contributed by atoms with Crippen LogP contribution in [0.25, 0.3) is 0 Å². The second kappa shape index (κ2) is 3.30. The molecule has 0 aromatic carbocycles. The Bertz CT molecular complexity index is 100. The van der Waals surface area contributed by atoms with Crippen molar-refractivity contribution in [2.45, 2.75) is 38.1 Å². The van der Waals surface area contributed by atoms with E-state index in [1.165, 1.54) is 6.92 Å². The van der Waals surface area contributed by atoms with Crippen LogP contribution in [0.3, 0.4) is 0 Å². The van der Waals surface area contributed by atoms with Gasteiger partial charge in [-0.3, -0.25) is 0 Å². The maximum atomic E-state index is 9.15. The Morgan fingerprint density at radius 1 is 1.40 bits per heavy atom. The molecular formula is C6H16N2O2. The maximum Gasteiger partial charge on any atom is 0.110 e. The fourth-order valence-corrected chi connectivity index (χ4v) is 0.638. The van der Waals surface area contributed by atoms with Gasteiger partial charge in [-0.1, -0.05) is 6.92 Å². The molecule has 2 unspecified atom stereocenters. The SMILES string of the molecule is CCC(O)C(O)C(C)(N)N. The third-order valence-electron chi connectivity index (χ3n) is 1.42. The van der Waals surface area contributed by atoms with Crippen molar-refractivity contribution in [1.29, 1.82) is 0 Å². The summed E-state index contributed by atoms with van der Waals surface area (Å²) in [6, 6.07) is 0. The van der Waals surface area contributed by atoms with Gasteiger partial charge in [0.15, 0.2) is 0 Å². The number of aliphatic hydroxyl groups excluding tert-OH is 2. The van der Waals surface area contributed by atoms with Crippen molar-refractivity contribution in [3.05, 3.63) is 0 Å². The molecule has 2 atom stereocenters. The fraction of sp³-hybridized carbons (Fsp3) is 1.00. The molecule has 0 saturated heterocycles. The number of hydrogen-bond acceptors (Lipinski definition) is 4. The smallest absolute Gasteiger partial charge is 0.110 e. The Morgan fingerprint density at radius 2 is 1.80 bits per heavy atom. The molecule has 0 aliphatic heterocycles. The van der Waals surface area contributed by atoms with E-state index in [2.05, 4.69) is 0 Å². The van der Waals surface area contributed by atoms with Gasteiger partial charge in [0.1, 0.15) is 6.10 Å². The van der Waals surface area contributed by atoms with Crippen LogP contribution in [0.5, 0.6) is 0 Å². The summed E-state index contributed by atoms with van der Waals surface area (Å²) < 4.78 is 0. The van der Waals surface area contributed by atoms with Crippen molar-refractivity contribution in [3.8, 4) is 0 Å². The molecule has 0 heterocycles. The highest BCUT2D eigenvalue weighted by Crippen LogP contribution is 2.06. The molecule has 0 bridgehead atoms. The Labute approximate surface area is 60.8 Å². The summed E-state index contributed by atoms with van der Waals surface area (Å²) in [5, 5.41) is 18.2. The molecule has 4 heteroatoms. The van der Waals surface area contributed by atoms with Crippen molar-refractivity contribution >= 4 is 0 Å². The zero-order valence-electron chi connectivity index (χ0n) is 6.41. The average Bonchev–Trinajstić information content (AvgIpc) is 1.83. The molecule has 0 aliphatic carbocycles. The minimum Gasteiger partial charge on any atom is -0.390 e. The molecule has 0 aromatic rings. The van der Waals surface area contributed by atoms with Crippen LogP contribution in [0.1, 0.15) is 20.3 Å². The van der Waals surface area contributed by atoms with E-state index >= 15 is 0 Å². The molecule has 62 valence electrons. The zero-order chi connectivity index (χ0) is 8.36. The van der Waals surface area contributed by atoms with Crippen LogP contribution in [0, 0.1) is 0 Å². The van der Waals surface area contributed by atoms with Gasteiger partial charge in [0.05, 0.1) is 11.8 Å². The summed E-state index contributed by atoms with van der Waals surface area (Å²) in [7, 11) is 0. The minimum atomic E-state index is -1.21. The number of rotatable bonds is 3. The van der Waals surface area contributed by atoms with Gasteiger partial charge in [0.2, 0.25) is 0 Å². The van der Waals surface area contributed by atoms with E-state index in [0.29, 0.717) is 6.42 Å². The van der Waals surface area contributed by atoms with E-state index in [4.69, 9.17) is 21.7 Å². The van der Waals surface area contributed by atoms with Crippen LogP contribution in [-0.4, -0.2) is 28.1 Å². The predicted octanol–water partition coefficient (Wildman–Crippen LogP) is -1.25. The number of nitrogens with two attached hydrogens (primary N) is 2. The largest absolute Gasteiger partial charge is 0.390 e. The highest BCUT2D eigenvalue weighted by atomic mass is 16.3. The lowest BCUT2D eigenvalue weighted by Gasteiger charge is -2.28. The molecule has 0 rings (SSSR count). The lowest BCUT2D eigenvalue weighted by atomic mass is 10.0. The van der Waals surface area contributed by atoms with Gasteiger partial charge in [-0.25, -0.2) is 0 Å². The van der Waals surface area contributed by atoms with Crippen LogP contribution < -0.4 is 11.5 Å². The van der Waals surface area contributed by atoms with Gasteiger partial charge in [0, 0.05) is 0 Å². The lowest BCUT2D eigenvalue weighted by molar-refractivity contribution is -0.0236. The van der Waals surface area contributed by atoms with E-state index in [1.54, 1.807) is 6.92 Å². The number of hydrogen-bond donors (Lipinski definition) is 4. The highest BCUT2D eigenvalue weighted by Gasteiger charge is 2.28. The van der Waals surface area contributed by atoms with E-state index in [-0.39, 0.29) is 0 Å². The number of aliphatic hydroxyl groups is 2. The Morgan fingerprint density at radius 3 is 1.90 bits per heavy atom. The summed E-state index contributed by atoms with van der Waals surface area (Å²) in [5.41, 5.74) is 9.43. The van der Waals surface area contributed by atoms with Crippen LogP contribution in [-0.2, 0) is 0 Å². The predicted molar refractivity (Wildman–Crippen MR) is 39.1 cm³/mol. The fourth-order valence-electron chi connectivity index (χ4n) is 0.638. The van der Waals surface area contributed by atoms with Gasteiger partial charge in [-0.2, -0.15) is 0 Å². The maximum absolute atomic E-state index is 9.15. The Hall–Kier alpha value is -0.160. The monoisotopic (exact) mass is 148 g/mol. The van der Waals surface area contributed by atoms with E-state index in [9.17, 15) is 0 Å². The quantitative estimate of drug-likeness (QED) is 0.376. The van der Waals surface area contributed by atoms with Crippen molar-refractivity contribution in [1.82, 2.24) is 0 Å². The van der Waals surface area contributed by atoms with E-state index in [1.807, 2.05) is 0 Å². The third kappa shape index (κ3) is 2.62. The standard InChI is InChI=1S/C6H16N2O2/c1-3-4(9)5(10)6(2,7)8/h4-5,9-10H,3,7-8H2,1-2H3. The topological polar surface area (TPSA) is 92.5 Å². The summed E-state index contributed by atoms with van der Waals surface area (Å²) in [6.45, 7) is 3.22. The molecule has 0 radical (unpaired) electrons. The molecule has 6 N–H and O–H groups in total. The van der Waals surface area contributed by atoms with Crippen molar-refractivity contribution in [3.63, 3.8) is 0 Å². The third-order valence-corrected chi connectivity index (χ3v) is 1.42. The van der Waals surface area contributed by atoms with Crippen LogP contribution in [0.4, 0.5) is 0 Å². The van der Waals surface area contributed by atoms with Gasteiger partial charge < -0.3 is 21.7 Å². The van der Waals surface area contributed by atoms with Crippen molar-refractivity contribution < 1.29 is 10.2 Å². The lowest BCUT2D eigenvalue weighted by Crippen LogP contribution is -2.60. The van der Waals surface area contributed by atoms with Crippen LogP contribution in [0.2, 0.25) is 0 Å². The Balaban J connectivity index is 3.94. The molecule has 0 fully saturated rings. The molecule has 4 nitrogen and oxygen atoms in total. The van der Waals surface area contributed by atoms with Gasteiger partial charge >= 0.3 is 0 Å². The second-order valence-corrected chi connectivity index (χ2v) is 2.79. The summed E-state index contributed by atoms with van der Waals surface area (Å²) in [6.07, 6.45) is -1.44. The summed E-state index contributed by atoms with van der Waals surface area (Å²) in [5.74, 6) is 0. The average molecular weight is 148 g/mol. The first-order valence-corrected chi connectivity index (χ1v) is 3.33. The first kappa shape index (κ1) is 9.84. The van der Waals surface area contributed by atoms with Crippen molar-refractivity contribution in [2.75, 3.05) is 0 Å². The van der Waals surface area contributed by atoms with E-state index < -0.39 is 17.9 Å². The van der Waals surface area contributed by atoms with Crippen LogP contribution >= 0.6 is 0 Å². The molecule has 0 amide bonds. The molecular weight excluding hydrogens is 132 g/mol. The summed E-state index contributed by atoms with van der Waals surface area (Å²) >= 11 is 0.